The lowest BCUT2D eigenvalue weighted by atomic mass is 10.1. The zero-order chi connectivity index (χ0) is 13.4. The fourth-order valence-corrected chi connectivity index (χ4v) is 1.93. The molecule has 0 saturated heterocycles. The normalized spacial score (nSPS) is 13.9. The molecule has 0 fully saturated rings. The minimum Gasteiger partial charge on any atom is -0.466 e. The maximum atomic E-state index is 11.5. The van der Waals surface area contributed by atoms with Crippen LogP contribution in [0.25, 0.3) is 0 Å². The molecule has 3 heteroatoms. The van der Waals surface area contributed by atoms with Gasteiger partial charge in [-0.05, 0) is 25.8 Å². The number of hydrogen-bond acceptors (Lipinski definition) is 3. The minimum atomic E-state index is -0.128. The molecule has 0 unspecified atom stereocenters. The van der Waals surface area contributed by atoms with E-state index in [4.69, 9.17) is 4.74 Å². The molecule has 0 saturated carbocycles. The Balaban J connectivity index is 2.50. The van der Waals surface area contributed by atoms with E-state index in [-0.39, 0.29) is 18.1 Å². The van der Waals surface area contributed by atoms with Gasteiger partial charge in [0.05, 0.1) is 13.0 Å². The molecule has 0 amide bonds. The summed E-state index contributed by atoms with van der Waals surface area (Å²) in [5, 5.41) is 3.47. The summed E-state index contributed by atoms with van der Waals surface area (Å²) in [6, 6.07) is 10.7. The summed E-state index contributed by atoms with van der Waals surface area (Å²) in [4.78, 5) is 11.5. The van der Waals surface area contributed by atoms with Crippen LogP contribution in [0.2, 0.25) is 0 Å². The van der Waals surface area contributed by atoms with E-state index < -0.39 is 0 Å². The lowest BCUT2D eigenvalue weighted by Gasteiger charge is -2.22. The van der Waals surface area contributed by atoms with Crippen molar-refractivity contribution in [3.8, 4) is 0 Å². The largest absolute Gasteiger partial charge is 0.466 e. The first kappa shape index (κ1) is 14.7. The van der Waals surface area contributed by atoms with Gasteiger partial charge in [0.15, 0.2) is 0 Å². The van der Waals surface area contributed by atoms with Gasteiger partial charge in [-0.3, -0.25) is 4.79 Å². The van der Waals surface area contributed by atoms with Gasteiger partial charge >= 0.3 is 5.97 Å². The Bertz CT molecular complexity index is 351. The highest BCUT2D eigenvalue weighted by Crippen LogP contribution is 2.14. The average molecular weight is 249 g/mol. The molecule has 0 spiro atoms. The Morgan fingerprint density at radius 3 is 2.50 bits per heavy atom. The van der Waals surface area contributed by atoms with Gasteiger partial charge in [-0.15, -0.1) is 0 Å². The number of hydrogen-bond donors (Lipinski definition) is 1. The first-order chi connectivity index (χ1) is 8.67. The van der Waals surface area contributed by atoms with Crippen molar-refractivity contribution >= 4 is 5.97 Å². The maximum absolute atomic E-state index is 11.5. The number of carbonyl (C=O) groups is 1. The Morgan fingerprint density at radius 2 is 1.94 bits per heavy atom. The number of rotatable bonds is 7. The SMILES string of the molecule is CCOC(=O)C[C@@H](CC)N[C@H](C)c1ccccc1. The van der Waals surface area contributed by atoms with Gasteiger partial charge in [0.25, 0.3) is 0 Å². The summed E-state index contributed by atoms with van der Waals surface area (Å²) in [7, 11) is 0. The fraction of sp³-hybridized carbons (Fsp3) is 0.533. The molecular formula is C15H23NO2. The van der Waals surface area contributed by atoms with Crippen molar-refractivity contribution in [1.29, 1.82) is 0 Å². The van der Waals surface area contributed by atoms with Crippen LogP contribution >= 0.6 is 0 Å². The van der Waals surface area contributed by atoms with Crippen molar-refractivity contribution < 1.29 is 9.53 Å². The van der Waals surface area contributed by atoms with Crippen LogP contribution in [0.4, 0.5) is 0 Å². The third-order valence-corrected chi connectivity index (χ3v) is 3.00. The van der Waals surface area contributed by atoms with Gasteiger partial charge in [0, 0.05) is 12.1 Å². The highest BCUT2D eigenvalue weighted by molar-refractivity contribution is 5.70. The summed E-state index contributed by atoms with van der Waals surface area (Å²) in [5.74, 6) is -0.128. The van der Waals surface area contributed by atoms with E-state index in [1.165, 1.54) is 5.56 Å². The Labute approximate surface area is 110 Å². The third-order valence-electron chi connectivity index (χ3n) is 3.00. The van der Waals surface area contributed by atoms with Crippen LogP contribution in [0.5, 0.6) is 0 Å². The molecule has 100 valence electrons. The van der Waals surface area contributed by atoms with Crippen molar-refractivity contribution in [2.24, 2.45) is 0 Å². The van der Waals surface area contributed by atoms with Crippen LogP contribution in [0, 0.1) is 0 Å². The standard InChI is InChI=1S/C15H23NO2/c1-4-14(11-15(17)18-5-2)16-12(3)13-9-7-6-8-10-13/h6-10,12,14,16H,4-5,11H2,1-3H3/t12-,14-/m1/s1. The molecule has 1 N–H and O–H groups in total. The van der Waals surface area contributed by atoms with Crippen LogP contribution in [-0.2, 0) is 9.53 Å². The van der Waals surface area contributed by atoms with Crippen LogP contribution < -0.4 is 5.32 Å². The molecule has 0 bridgehead atoms. The van der Waals surface area contributed by atoms with Crippen LogP contribution in [0.3, 0.4) is 0 Å². The second-order valence-electron chi connectivity index (χ2n) is 4.41. The summed E-state index contributed by atoms with van der Waals surface area (Å²) in [5.41, 5.74) is 1.24. The molecule has 2 atom stereocenters. The van der Waals surface area contributed by atoms with Gasteiger partial charge in [-0.25, -0.2) is 0 Å². The molecule has 0 heterocycles. The number of esters is 1. The van der Waals surface area contributed by atoms with Gasteiger partial charge in [0.1, 0.15) is 0 Å². The average Bonchev–Trinajstić information content (AvgIpc) is 2.39. The van der Waals surface area contributed by atoms with Crippen LogP contribution in [0.1, 0.15) is 45.2 Å². The molecule has 1 rings (SSSR count). The number of benzene rings is 1. The fourth-order valence-electron chi connectivity index (χ4n) is 1.93. The number of nitrogens with one attached hydrogen (secondary N) is 1. The van der Waals surface area contributed by atoms with E-state index in [0.29, 0.717) is 13.0 Å². The lowest BCUT2D eigenvalue weighted by Crippen LogP contribution is -2.33. The second-order valence-corrected chi connectivity index (χ2v) is 4.41. The van der Waals surface area contributed by atoms with E-state index in [2.05, 4.69) is 31.3 Å². The molecule has 0 aromatic heterocycles. The zero-order valence-corrected chi connectivity index (χ0v) is 11.5. The molecular weight excluding hydrogens is 226 g/mol. The highest BCUT2D eigenvalue weighted by Gasteiger charge is 2.15. The topological polar surface area (TPSA) is 38.3 Å². The monoisotopic (exact) mass is 249 g/mol. The molecule has 0 aliphatic heterocycles. The van der Waals surface area contributed by atoms with E-state index >= 15 is 0 Å². The minimum absolute atomic E-state index is 0.128. The molecule has 0 aliphatic rings. The lowest BCUT2D eigenvalue weighted by molar-refractivity contribution is -0.143. The maximum Gasteiger partial charge on any atom is 0.307 e. The van der Waals surface area contributed by atoms with E-state index in [1.807, 2.05) is 25.1 Å². The van der Waals surface area contributed by atoms with Crippen molar-refractivity contribution in [1.82, 2.24) is 5.32 Å². The van der Waals surface area contributed by atoms with Gasteiger partial charge < -0.3 is 10.1 Å². The van der Waals surface area contributed by atoms with Crippen molar-refractivity contribution in [2.45, 2.75) is 45.7 Å². The van der Waals surface area contributed by atoms with Crippen molar-refractivity contribution in [3.05, 3.63) is 35.9 Å². The Kier molecular flexibility index (Phi) is 6.44. The smallest absolute Gasteiger partial charge is 0.307 e. The zero-order valence-electron chi connectivity index (χ0n) is 11.5. The third kappa shape index (κ3) is 4.88. The predicted molar refractivity (Wildman–Crippen MR) is 73.3 cm³/mol. The summed E-state index contributed by atoms with van der Waals surface area (Å²) in [6.07, 6.45) is 1.34. The van der Waals surface area contributed by atoms with E-state index in [0.717, 1.165) is 6.42 Å². The van der Waals surface area contributed by atoms with E-state index in [9.17, 15) is 4.79 Å². The first-order valence-electron chi connectivity index (χ1n) is 6.64. The van der Waals surface area contributed by atoms with Crippen molar-refractivity contribution in [2.75, 3.05) is 6.61 Å². The number of ether oxygens (including phenoxy) is 1. The van der Waals surface area contributed by atoms with Gasteiger partial charge in [-0.2, -0.15) is 0 Å². The molecule has 3 nitrogen and oxygen atoms in total. The summed E-state index contributed by atoms with van der Waals surface area (Å²) < 4.78 is 4.98. The molecule has 18 heavy (non-hydrogen) atoms. The Morgan fingerprint density at radius 1 is 1.28 bits per heavy atom. The number of carbonyl (C=O) groups excluding carboxylic acids is 1. The molecule has 0 radical (unpaired) electrons. The quantitative estimate of drug-likeness (QED) is 0.755. The van der Waals surface area contributed by atoms with Crippen LogP contribution in [-0.4, -0.2) is 18.6 Å². The van der Waals surface area contributed by atoms with Crippen molar-refractivity contribution in [3.63, 3.8) is 0 Å². The second kappa shape index (κ2) is 7.88. The molecule has 1 aromatic carbocycles. The predicted octanol–water partition coefficient (Wildman–Crippen LogP) is 3.07. The summed E-state index contributed by atoms with van der Waals surface area (Å²) >= 11 is 0. The van der Waals surface area contributed by atoms with Crippen LogP contribution in [0.15, 0.2) is 30.3 Å². The summed E-state index contributed by atoms with van der Waals surface area (Å²) in [6.45, 7) is 6.47. The highest BCUT2D eigenvalue weighted by atomic mass is 16.5. The first-order valence-corrected chi connectivity index (χ1v) is 6.64. The molecule has 0 aliphatic carbocycles. The van der Waals surface area contributed by atoms with E-state index in [1.54, 1.807) is 0 Å². The van der Waals surface area contributed by atoms with Gasteiger partial charge in [-0.1, -0.05) is 37.3 Å². The Hall–Kier alpha value is -1.35. The van der Waals surface area contributed by atoms with Gasteiger partial charge in [0.2, 0.25) is 0 Å². The molecule has 1 aromatic rings.